The summed E-state index contributed by atoms with van der Waals surface area (Å²) >= 11 is 3.67. The summed E-state index contributed by atoms with van der Waals surface area (Å²) in [7, 11) is 0. The topological polar surface area (TPSA) is 0 Å². The fourth-order valence-corrected chi connectivity index (χ4v) is 2.05. The zero-order valence-electron chi connectivity index (χ0n) is 6.52. The average molecular weight is 203 g/mol. The van der Waals surface area contributed by atoms with Crippen molar-refractivity contribution in [2.45, 2.75) is 37.4 Å². The lowest BCUT2D eigenvalue weighted by molar-refractivity contribution is 0.561. The maximum absolute atomic E-state index is 3.67. The lowest BCUT2D eigenvalue weighted by atomic mass is 10.0. The smallest absolute Gasteiger partial charge is 0.0243 e. The molecule has 0 fully saturated rings. The average Bonchev–Trinajstić information content (AvgIpc) is 2.31. The van der Waals surface area contributed by atoms with E-state index in [1.165, 1.54) is 25.7 Å². The molecule has 0 spiro atoms. The number of allylic oxidation sites excluding steroid dienone is 2. The highest BCUT2D eigenvalue weighted by Crippen LogP contribution is 2.28. The van der Waals surface area contributed by atoms with Gasteiger partial charge in [0.05, 0.1) is 0 Å². The molecule has 0 N–H and O–H groups in total. The standard InChI is InChI=1S/C9H15Br/c1-2-3-5-8-6-4-7-9(8)10/h4,6,8-9H,2-3,5,7H2,1H3/t8-,9-/m1/s1. The molecule has 0 bridgehead atoms. The van der Waals surface area contributed by atoms with E-state index in [2.05, 4.69) is 35.0 Å². The van der Waals surface area contributed by atoms with Gasteiger partial charge in [-0.05, 0) is 18.8 Å². The second kappa shape index (κ2) is 4.17. The van der Waals surface area contributed by atoms with E-state index in [0.717, 1.165) is 10.7 Å². The van der Waals surface area contributed by atoms with Crippen molar-refractivity contribution in [3.05, 3.63) is 12.2 Å². The molecule has 0 aromatic carbocycles. The van der Waals surface area contributed by atoms with Gasteiger partial charge in [-0.15, -0.1) is 0 Å². The normalized spacial score (nSPS) is 31.4. The van der Waals surface area contributed by atoms with Crippen molar-refractivity contribution in [2.24, 2.45) is 5.92 Å². The molecule has 10 heavy (non-hydrogen) atoms. The zero-order valence-corrected chi connectivity index (χ0v) is 8.10. The van der Waals surface area contributed by atoms with Crippen LogP contribution >= 0.6 is 15.9 Å². The molecule has 58 valence electrons. The van der Waals surface area contributed by atoms with Gasteiger partial charge >= 0.3 is 0 Å². The van der Waals surface area contributed by atoms with Crippen LogP contribution in [0.3, 0.4) is 0 Å². The first-order valence-electron chi connectivity index (χ1n) is 4.15. The van der Waals surface area contributed by atoms with Crippen molar-refractivity contribution >= 4 is 15.9 Å². The molecule has 1 rings (SSSR count). The summed E-state index contributed by atoms with van der Waals surface area (Å²) in [6.07, 6.45) is 9.94. The van der Waals surface area contributed by atoms with E-state index in [4.69, 9.17) is 0 Å². The fourth-order valence-electron chi connectivity index (χ4n) is 1.40. The van der Waals surface area contributed by atoms with Gasteiger partial charge in [0.15, 0.2) is 0 Å². The summed E-state index contributed by atoms with van der Waals surface area (Å²) in [5, 5.41) is 0. The number of alkyl halides is 1. The monoisotopic (exact) mass is 202 g/mol. The van der Waals surface area contributed by atoms with E-state index in [1.54, 1.807) is 0 Å². The van der Waals surface area contributed by atoms with Crippen LogP contribution in [0.25, 0.3) is 0 Å². The third-order valence-electron chi connectivity index (χ3n) is 2.10. The zero-order chi connectivity index (χ0) is 7.40. The summed E-state index contributed by atoms with van der Waals surface area (Å²) in [6, 6.07) is 0. The molecule has 2 atom stereocenters. The molecule has 0 nitrogen and oxygen atoms in total. The predicted molar refractivity (Wildman–Crippen MR) is 49.5 cm³/mol. The van der Waals surface area contributed by atoms with Gasteiger partial charge in [-0.2, -0.15) is 0 Å². The van der Waals surface area contributed by atoms with E-state index in [1.807, 2.05) is 0 Å². The predicted octanol–water partition coefficient (Wildman–Crippen LogP) is 3.52. The number of hydrogen-bond acceptors (Lipinski definition) is 0. The van der Waals surface area contributed by atoms with Gasteiger partial charge in [-0.3, -0.25) is 0 Å². The van der Waals surface area contributed by atoms with Crippen LogP contribution in [-0.2, 0) is 0 Å². The Balaban J connectivity index is 2.20. The molecule has 1 aliphatic rings. The van der Waals surface area contributed by atoms with Crippen molar-refractivity contribution < 1.29 is 0 Å². The van der Waals surface area contributed by atoms with Gasteiger partial charge in [0.25, 0.3) is 0 Å². The minimum absolute atomic E-state index is 0.735. The number of rotatable bonds is 3. The van der Waals surface area contributed by atoms with Crippen LogP contribution in [-0.4, -0.2) is 4.83 Å². The summed E-state index contributed by atoms with van der Waals surface area (Å²) in [5.41, 5.74) is 0. The Morgan fingerprint density at radius 1 is 1.60 bits per heavy atom. The molecule has 1 heteroatoms. The van der Waals surface area contributed by atoms with E-state index in [-0.39, 0.29) is 0 Å². The van der Waals surface area contributed by atoms with E-state index < -0.39 is 0 Å². The third kappa shape index (κ3) is 2.12. The van der Waals surface area contributed by atoms with Crippen LogP contribution in [0.2, 0.25) is 0 Å². The number of hydrogen-bond donors (Lipinski definition) is 0. The molecule has 0 saturated heterocycles. The minimum atomic E-state index is 0.735. The maximum atomic E-state index is 3.67. The molecule has 0 aromatic heterocycles. The Morgan fingerprint density at radius 3 is 2.90 bits per heavy atom. The largest absolute Gasteiger partial charge is 0.0881 e. The second-order valence-electron chi connectivity index (χ2n) is 2.99. The Hall–Kier alpha value is 0.220. The quantitative estimate of drug-likeness (QED) is 0.486. The Labute approximate surface area is 71.8 Å². The summed E-state index contributed by atoms with van der Waals surface area (Å²) in [6.45, 7) is 2.25. The molecular formula is C9H15Br. The first kappa shape index (κ1) is 8.32. The van der Waals surface area contributed by atoms with Crippen LogP contribution in [0.4, 0.5) is 0 Å². The SMILES string of the molecule is CCCC[C@@H]1C=CC[C@H]1Br. The van der Waals surface area contributed by atoms with Gasteiger partial charge in [0, 0.05) is 4.83 Å². The summed E-state index contributed by atoms with van der Waals surface area (Å²) in [4.78, 5) is 0.735. The molecule has 0 unspecified atom stereocenters. The molecule has 0 heterocycles. The number of halogens is 1. The highest BCUT2D eigenvalue weighted by molar-refractivity contribution is 9.09. The Morgan fingerprint density at radius 2 is 2.40 bits per heavy atom. The Kier molecular flexibility index (Phi) is 3.47. The molecule has 0 aliphatic heterocycles. The lowest BCUT2D eigenvalue weighted by Crippen LogP contribution is -2.05. The van der Waals surface area contributed by atoms with Gasteiger partial charge < -0.3 is 0 Å². The molecule has 1 aliphatic carbocycles. The lowest BCUT2D eigenvalue weighted by Gasteiger charge is -2.11. The van der Waals surface area contributed by atoms with Crippen LogP contribution in [0.5, 0.6) is 0 Å². The fraction of sp³-hybridized carbons (Fsp3) is 0.778. The van der Waals surface area contributed by atoms with Gasteiger partial charge in [0.1, 0.15) is 0 Å². The summed E-state index contributed by atoms with van der Waals surface area (Å²) in [5.74, 6) is 0.819. The maximum Gasteiger partial charge on any atom is 0.0243 e. The minimum Gasteiger partial charge on any atom is -0.0881 e. The highest BCUT2D eigenvalue weighted by atomic mass is 79.9. The molecular weight excluding hydrogens is 188 g/mol. The first-order chi connectivity index (χ1) is 4.84. The van der Waals surface area contributed by atoms with Crippen molar-refractivity contribution in [1.29, 1.82) is 0 Å². The molecule has 0 amide bonds. The van der Waals surface area contributed by atoms with E-state index in [0.29, 0.717) is 0 Å². The van der Waals surface area contributed by atoms with Gasteiger partial charge in [-0.25, -0.2) is 0 Å². The van der Waals surface area contributed by atoms with Crippen LogP contribution in [0.15, 0.2) is 12.2 Å². The van der Waals surface area contributed by atoms with Crippen LogP contribution in [0, 0.1) is 5.92 Å². The second-order valence-corrected chi connectivity index (χ2v) is 4.16. The van der Waals surface area contributed by atoms with Crippen LogP contribution in [0.1, 0.15) is 32.6 Å². The molecule has 0 saturated carbocycles. The molecule has 0 aromatic rings. The first-order valence-corrected chi connectivity index (χ1v) is 5.07. The Bertz CT molecular complexity index is 118. The molecule has 0 radical (unpaired) electrons. The summed E-state index contributed by atoms with van der Waals surface area (Å²) < 4.78 is 0. The highest BCUT2D eigenvalue weighted by Gasteiger charge is 2.18. The van der Waals surface area contributed by atoms with Gasteiger partial charge in [0.2, 0.25) is 0 Å². The van der Waals surface area contributed by atoms with Gasteiger partial charge in [-0.1, -0.05) is 47.8 Å². The van der Waals surface area contributed by atoms with Crippen LogP contribution < -0.4 is 0 Å². The van der Waals surface area contributed by atoms with Crippen molar-refractivity contribution in [2.75, 3.05) is 0 Å². The number of unbranched alkanes of at least 4 members (excludes halogenated alkanes) is 1. The van der Waals surface area contributed by atoms with Crippen molar-refractivity contribution in [3.8, 4) is 0 Å². The van der Waals surface area contributed by atoms with Crippen molar-refractivity contribution in [3.63, 3.8) is 0 Å². The third-order valence-corrected chi connectivity index (χ3v) is 3.15. The van der Waals surface area contributed by atoms with E-state index >= 15 is 0 Å². The van der Waals surface area contributed by atoms with Crippen molar-refractivity contribution in [1.82, 2.24) is 0 Å². The van der Waals surface area contributed by atoms with E-state index in [9.17, 15) is 0 Å².